The number of carbonyl (C=O) groups excluding carboxylic acids is 1. The Morgan fingerprint density at radius 3 is 2.90 bits per heavy atom. The number of carbonyl (C=O) groups is 1. The van der Waals surface area contributed by atoms with Crippen molar-refractivity contribution in [3.05, 3.63) is 56.4 Å². The number of nitrogens with zero attached hydrogens (tertiary/aromatic N) is 2. The zero-order chi connectivity index (χ0) is 21.1. The largest absolute Gasteiger partial charge is 0.491 e. The Bertz CT molecular complexity index is 1120. The van der Waals surface area contributed by atoms with E-state index in [1.165, 1.54) is 16.9 Å². The van der Waals surface area contributed by atoms with E-state index in [0.717, 1.165) is 40.8 Å². The third-order valence-corrected chi connectivity index (χ3v) is 6.84. The van der Waals surface area contributed by atoms with Crippen LogP contribution in [-0.4, -0.2) is 41.0 Å². The first-order valence-corrected chi connectivity index (χ1v) is 11.3. The summed E-state index contributed by atoms with van der Waals surface area (Å²) in [6.07, 6.45) is 5.05. The molecule has 1 aliphatic rings. The molecule has 0 radical (unpaired) electrons. The Balaban J connectivity index is 1.33. The number of amides is 1. The summed E-state index contributed by atoms with van der Waals surface area (Å²) in [4.78, 5) is 36.4. The van der Waals surface area contributed by atoms with Crippen molar-refractivity contribution in [1.29, 1.82) is 0 Å². The van der Waals surface area contributed by atoms with Gasteiger partial charge in [-0.3, -0.25) is 9.59 Å². The van der Waals surface area contributed by atoms with E-state index in [0.29, 0.717) is 31.8 Å². The lowest BCUT2D eigenvalue weighted by Crippen LogP contribution is -2.31. The summed E-state index contributed by atoms with van der Waals surface area (Å²) in [7, 11) is 1.77. The van der Waals surface area contributed by atoms with E-state index in [1.807, 2.05) is 31.2 Å². The van der Waals surface area contributed by atoms with Crippen LogP contribution in [-0.2, 0) is 24.1 Å². The number of para-hydroxylation sites is 1. The number of nitrogens with one attached hydrogen (secondary N) is 1. The van der Waals surface area contributed by atoms with E-state index in [-0.39, 0.29) is 11.5 Å². The second kappa shape index (κ2) is 9.00. The first-order chi connectivity index (χ1) is 14.5. The monoisotopic (exact) mass is 425 g/mol. The number of aromatic nitrogens is 2. The van der Waals surface area contributed by atoms with Gasteiger partial charge in [-0.25, -0.2) is 4.98 Å². The maximum absolute atomic E-state index is 12.6. The number of benzene rings is 1. The second-order valence-electron chi connectivity index (χ2n) is 7.83. The molecule has 0 aliphatic heterocycles. The van der Waals surface area contributed by atoms with E-state index < -0.39 is 0 Å². The minimum absolute atomic E-state index is 0.0107. The lowest BCUT2D eigenvalue weighted by atomic mass is 9.97. The number of likely N-dealkylation sites (N-methyl/N-ethyl adjacent to an activating group) is 1. The molecule has 7 heteroatoms. The van der Waals surface area contributed by atoms with Crippen LogP contribution in [0.5, 0.6) is 5.75 Å². The van der Waals surface area contributed by atoms with Gasteiger partial charge in [0.1, 0.15) is 23.0 Å². The van der Waals surface area contributed by atoms with Crippen LogP contribution in [0, 0.1) is 6.92 Å². The van der Waals surface area contributed by atoms with Gasteiger partial charge in [0.05, 0.1) is 11.9 Å². The molecule has 0 saturated carbocycles. The van der Waals surface area contributed by atoms with E-state index in [1.54, 1.807) is 23.3 Å². The third kappa shape index (κ3) is 4.41. The first kappa shape index (κ1) is 20.6. The topological polar surface area (TPSA) is 75.3 Å². The van der Waals surface area contributed by atoms with Gasteiger partial charge in [0.15, 0.2) is 0 Å². The van der Waals surface area contributed by atoms with Crippen molar-refractivity contribution in [1.82, 2.24) is 14.9 Å². The highest BCUT2D eigenvalue weighted by atomic mass is 32.1. The Labute approximate surface area is 179 Å². The van der Waals surface area contributed by atoms with E-state index in [2.05, 4.69) is 9.97 Å². The number of hydrogen-bond donors (Lipinski definition) is 1. The average molecular weight is 426 g/mol. The number of H-pyrrole nitrogens is 1. The molecule has 6 nitrogen and oxygen atoms in total. The molecule has 3 aromatic rings. The molecule has 0 atom stereocenters. The Morgan fingerprint density at radius 2 is 2.07 bits per heavy atom. The summed E-state index contributed by atoms with van der Waals surface area (Å²) in [5, 5.41) is 0.759. The molecule has 1 aromatic carbocycles. The first-order valence-electron chi connectivity index (χ1n) is 10.5. The SMILES string of the molecule is Cc1ccccc1OCCN(C)C(=O)CCc1nc2sc3c(c2c(=O)[nH]1)CCCC3. The smallest absolute Gasteiger partial charge is 0.259 e. The molecular weight excluding hydrogens is 398 g/mol. The van der Waals surface area contributed by atoms with Crippen LogP contribution in [0.4, 0.5) is 0 Å². The molecule has 0 saturated heterocycles. The van der Waals surface area contributed by atoms with Crippen LogP contribution >= 0.6 is 11.3 Å². The maximum Gasteiger partial charge on any atom is 0.259 e. The second-order valence-corrected chi connectivity index (χ2v) is 8.92. The van der Waals surface area contributed by atoms with Crippen LogP contribution in [0.25, 0.3) is 10.2 Å². The molecule has 158 valence electrons. The normalized spacial score (nSPS) is 13.3. The number of ether oxygens (including phenoxy) is 1. The number of aromatic amines is 1. The van der Waals surface area contributed by atoms with Gasteiger partial charge in [0, 0.05) is 24.8 Å². The summed E-state index contributed by atoms with van der Waals surface area (Å²) < 4.78 is 5.77. The maximum atomic E-state index is 12.6. The number of thiophene rings is 1. The summed E-state index contributed by atoms with van der Waals surface area (Å²) in [5.41, 5.74) is 2.19. The molecule has 1 N–H and O–H groups in total. The molecule has 1 aliphatic carbocycles. The molecule has 0 bridgehead atoms. The van der Waals surface area contributed by atoms with Gasteiger partial charge in [-0.15, -0.1) is 11.3 Å². The van der Waals surface area contributed by atoms with E-state index in [9.17, 15) is 9.59 Å². The summed E-state index contributed by atoms with van der Waals surface area (Å²) in [6.45, 7) is 2.95. The Morgan fingerprint density at radius 1 is 1.27 bits per heavy atom. The number of fused-ring (bicyclic) bond motifs is 3. The fraction of sp³-hybridized carbons (Fsp3) is 0.435. The van der Waals surface area contributed by atoms with Crippen molar-refractivity contribution >= 4 is 27.5 Å². The molecule has 4 rings (SSSR count). The van der Waals surface area contributed by atoms with E-state index in [4.69, 9.17) is 4.74 Å². The van der Waals surface area contributed by atoms with Crippen molar-refractivity contribution in [2.45, 2.75) is 45.4 Å². The predicted octanol–water partition coefficient (Wildman–Crippen LogP) is 3.64. The molecule has 2 aromatic heterocycles. The number of rotatable bonds is 7. The fourth-order valence-electron chi connectivity index (χ4n) is 3.88. The van der Waals surface area contributed by atoms with Crippen LogP contribution in [0.3, 0.4) is 0 Å². The summed E-state index contributed by atoms with van der Waals surface area (Å²) in [6, 6.07) is 7.83. The van der Waals surface area contributed by atoms with E-state index >= 15 is 0 Å². The zero-order valence-electron chi connectivity index (χ0n) is 17.5. The standard InChI is InChI=1S/C23H27N3O3S/c1-15-7-3-5-9-17(15)29-14-13-26(2)20(27)12-11-19-24-22(28)21-16-8-4-6-10-18(16)30-23(21)25-19/h3,5,7,9H,4,6,8,10-14H2,1-2H3,(H,24,25,28). The highest BCUT2D eigenvalue weighted by molar-refractivity contribution is 7.18. The molecule has 2 heterocycles. The van der Waals surface area contributed by atoms with Gasteiger partial charge in [0.25, 0.3) is 5.56 Å². The van der Waals surface area contributed by atoms with Crippen molar-refractivity contribution < 1.29 is 9.53 Å². The Kier molecular flexibility index (Phi) is 6.18. The zero-order valence-corrected chi connectivity index (χ0v) is 18.3. The van der Waals surface area contributed by atoms with Crippen LogP contribution in [0.1, 0.15) is 41.1 Å². The number of hydrogen-bond acceptors (Lipinski definition) is 5. The fourth-order valence-corrected chi connectivity index (χ4v) is 5.16. The molecule has 0 spiro atoms. The molecular formula is C23H27N3O3S. The lowest BCUT2D eigenvalue weighted by molar-refractivity contribution is -0.130. The molecule has 0 fully saturated rings. The van der Waals surface area contributed by atoms with Crippen molar-refractivity contribution in [3.63, 3.8) is 0 Å². The third-order valence-electron chi connectivity index (χ3n) is 5.65. The van der Waals surface area contributed by atoms with Crippen LogP contribution < -0.4 is 10.3 Å². The molecule has 30 heavy (non-hydrogen) atoms. The minimum atomic E-state index is -0.0677. The highest BCUT2D eigenvalue weighted by Gasteiger charge is 2.20. The van der Waals surface area contributed by atoms with Gasteiger partial charge < -0.3 is 14.6 Å². The van der Waals surface area contributed by atoms with Crippen LogP contribution in [0.15, 0.2) is 29.1 Å². The molecule has 1 amide bonds. The van der Waals surface area contributed by atoms with Gasteiger partial charge in [-0.2, -0.15) is 0 Å². The Hall–Kier alpha value is -2.67. The quantitative estimate of drug-likeness (QED) is 0.627. The predicted molar refractivity (Wildman–Crippen MR) is 120 cm³/mol. The van der Waals surface area contributed by atoms with Crippen molar-refractivity contribution in [2.24, 2.45) is 0 Å². The van der Waals surface area contributed by atoms with Crippen molar-refractivity contribution in [2.75, 3.05) is 20.2 Å². The van der Waals surface area contributed by atoms with Gasteiger partial charge in [-0.1, -0.05) is 18.2 Å². The van der Waals surface area contributed by atoms with Crippen LogP contribution in [0.2, 0.25) is 0 Å². The summed E-state index contributed by atoms with van der Waals surface area (Å²) >= 11 is 1.64. The van der Waals surface area contributed by atoms with Gasteiger partial charge in [-0.05, 0) is 49.8 Å². The highest BCUT2D eigenvalue weighted by Crippen LogP contribution is 2.33. The van der Waals surface area contributed by atoms with Gasteiger partial charge in [0.2, 0.25) is 5.91 Å². The summed E-state index contributed by atoms with van der Waals surface area (Å²) in [5.74, 6) is 1.44. The molecule has 0 unspecified atom stereocenters. The minimum Gasteiger partial charge on any atom is -0.491 e. The lowest BCUT2D eigenvalue weighted by Gasteiger charge is -2.18. The average Bonchev–Trinajstić information content (AvgIpc) is 3.12. The van der Waals surface area contributed by atoms with Gasteiger partial charge >= 0.3 is 0 Å². The number of aryl methyl sites for hydroxylation is 4. The van der Waals surface area contributed by atoms with Crippen molar-refractivity contribution in [3.8, 4) is 5.75 Å².